The molecule has 3 heterocycles. The van der Waals surface area contributed by atoms with Crippen LogP contribution in [0.5, 0.6) is 0 Å². The maximum atomic E-state index is 12.4. The van der Waals surface area contributed by atoms with Gasteiger partial charge in [0, 0.05) is 56.9 Å². The zero-order valence-electron chi connectivity index (χ0n) is 21.4. The Morgan fingerprint density at radius 1 is 1.29 bits per heavy atom. The van der Waals surface area contributed by atoms with Crippen molar-refractivity contribution >= 4 is 22.4 Å². The maximum absolute atomic E-state index is 12.4. The molecule has 0 atom stereocenters. The molecule has 0 unspecified atom stereocenters. The highest BCUT2D eigenvalue weighted by molar-refractivity contribution is 5.94. The lowest BCUT2D eigenvalue weighted by atomic mass is 9.92. The van der Waals surface area contributed by atoms with Gasteiger partial charge in [-0.3, -0.25) is 14.5 Å². The van der Waals surface area contributed by atoms with E-state index < -0.39 is 0 Å². The monoisotopic (exact) mass is 471 g/mol. The van der Waals surface area contributed by atoms with E-state index >= 15 is 0 Å². The Morgan fingerprint density at radius 3 is 2.63 bits per heavy atom. The van der Waals surface area contributed by atoms with Gasteiger partial charge in [-0.25, -0.2) is 0 Å². The number of nitrogens with zero attached hydrogens (tertiary/aromatic N) is 4. The van der Waals surface area contributed by atoms with Gasteiger partial charge >= 0.3 is 0 Å². The zero-order chi connectivity index (χ0) is 25.4. The third kappa shape index (κ3) is 4.54. The lowest BCUT2D eigenvalue weighted by Gasteiger charge is -2.27. The van der Waals surface area contributed by atoms with E-state index in [0.29, 0.717) is 12.1 Å². The van der Waals surface area contributed by atoms with Crippen LogP contribution < -0.4 is 5.56 Å². The fourth-order valence-electron chi connectivity index (χ4n) is 4.88. The SMILES string of the molecule is Cc1c(-c2[nH]c3ccc(C4=CCN(CC(=O)N(C)C)CC4)cc3c2C(C)C)cn(C)c(=O)c1C#N. The summed E-state index contributed by atoms with van der Waals surface area (Å²) >= 11 is 0. The van der Waals surface area contributed by atoms with Crippen molar-refractivity contribution in [3.8, 4) is 17.3 Å². The van der Waals surface area contributed by atoms with E-state index in [1.54, 1.807) is 26.0 Å². The van der Waals surface area contributed by atoms with Gasteiger partial charge in [-0.05, 0) is 53.7 Å². The Labute approximate surface area is 206 Å². The van der Waals surface area contributed by atoms with Crippen LogP contribution in [-0.2, 0) is 11.8 Å². The molecule has 4 rings (SSSR count). The van der Waals surface area contributed by atoms with Crippen LogP contribution in [0.4, 0.5) is 0 Å². The molecule has 7 heteroatoms. The summed E-state index contributed by atoms with van der Waals surface area (Å²) in [6.45, 7) is 8.24. The predicted molar refractivity (Wildman–Crippen MR) is 140 cm³/mol. The number of carbonyl (C=O) groups is 1. The van der Waals surface area contributed by atoms with Crippen molar-refractivity contribution < 1.29 is 4.79 Å². The molecule has 0 radical (unpaired) electrons. The third-order valence-corrected chi connectivity index (χ3v) is 6.95. The number of amides is 1. The highest BCUT2D eigenvalue weighted by Crippen LogP contribution is 2.38. The van der Waals surface area contributed by atoms with Crippen LogP contribution in [-0.4, -0.2) is 59.0 Å². The summed E-state index contributed by atoms with van der Waals surface area (Å²) in [7, 11) is 5.27. The fraction of sp³-hybridized carbons (Fsp3) is 0.393. The molecule has 1 aromatic carbocycles. The van der Waals surface area contributed by atoms with Gasteiger partial charge in [-0.2, -0.15) is 5.26 Å². The van der Waals surface area contributed by atoms with Crippen LogP contribution in [0, 0.1) is 18.3 Å². The van der Waals surface area contributed by atoms with Gasteiger partial charge in [0.25, 0.3) is 5.56 Å². The second-order valence-electron chi connectivity index (χ2n) is 9.90. The van der Waals surface area contributed by atoms with Gasteiger partial charge in [-0.1, -0.05) is 26.0 Å². The van der Waals surface area contributed by atoms with Gasteiger partial charge in [0.05, 0.1) is 12.2 Å². The minimum absolute atomic E-state index is 0.123. The molecule has 3 aromatic rings. The molecule has 0 bridgehead atoms. The standard InChI is InChI=1S/C28H33N5O2/c1-17(2)26-21-13-20(19-9-11-33(12-10-19)16-25(34)31(4)5)7-8-24(21)30-27(26)23-15-32(6)28(35)22(14-29)18(23)3/h7-9,13,15,17,30H,10-12,16H2,1-6H3. The number of likely N-dealkylation sites (N-methyl/N-ethyl adjacent to an activating group) is 1. The molecule has 2 aromatic heterocycles. The minimum Gasteiger partial charge on any atom is -0.354 e. The molecule has 0 aliphatic carbocycles. The van der Waals surface area contributed by atoms with Crippen LogP contribution in [0.2, 0.25) is 0 Å². The van der Waals surface area contributed by atoms with Crippen LogP contribution in [0.25, 0.3) is 27.7 Å². The summed E-state index contributed by atoms with van der Waals surface area (Å²) in [5, 5.41) is 10.7. The molecule has 0 fully saturated rings. The van der Waals surface area contributed by atoms with E-state index in [2.05, 4.69) is 54.1 Å². The number of pyridine rings is 1. The number of benzene rings is 1. The molecular weight excluding hydrogens is 438 g/mol. The van der Waals surface area contributed by atoms with Crippen LogP contribution in [0.1, 0.15) is 48.4 Å². The number of rotatable bonds is 5. The van der Waals surface area contributed by atoms with Crippen molar-refractivity contribution in [3.63, 3.8) is 0 Å². The highest BCUT2D eigenvalue weighted by Gasteiger charge is 2.22. The topological polar surface area (TPSA) is 85.1 Å². The van der Waals surface area contributed by atoms with Gasteiger partial charge in [0.15, 0.2) is 0 Å². The number of nitrogens with one attached hydrogen (secondary N) is 1. The number of fused-ring (bicyclic) bond motifs is 1. The molecule has 1 aliphatic rings. The van der Waals surface area contributed by atoms with E-state index in [-0.39, 0.29) is 22.9 Å². The van der Waals surface area contributed by atoms with Crippen molar-refractivity contribution in [1.29, 1.82) is 5.26 Å². The average molecular weight is 472 g/mol. The third-order valence-electron chi connectivity index (χ3n) is 6.95. The quantitative estimate of drug-likeness (QED) is 0.609. The number of aromatic nitrogens is 2. The Morgan fingerprint density at radius 2 is 2.03 bits per heavy atom. The molecule has 1 amide bonds. The average Bonchev–Trinajstić information content (AvgIpc) is 3.21. The molecule has 0 saturated carbocycles. The molecule has 0 saturated heterocycles. The number of hydrogen-bond donors (Lipinski definition) is 1. The van der Waals surface area contributed by atoms with Crippen molar-refractivity contribution in [2.75, 3.05) is 33.7 Å². The molecule has 1 N–H and O–H groups in total. The summed E-state index contributed by atoms with van der Waals surface area (Å²) < 4.78 is 1.49. The van der Waals surface area contributed by atoms with Gasteiger partial charge in [0.2, 0.25) is 5.91 Å². The first-order valence-corrected chi connectivity index (χ1v) is 12.0. The number of carbonyl (C=O) groups excluding carboxylic acids is 1. The normalized spacial score (nSPS) is 14.3. The molecule has 7 nitrogen and oxygen atoms in total. The van der Waals surface area contributed by atoms with E-state index in [1.165, 1.54) is 21.3 Å². The Bertz CT molecular complexity index is 1430. The molecular formula is C28H33N5O2. The molecule has 0 spiro atoms. The van der Waals surface area contributed by atoms with E-state index in [0.717, 1.165) is 41.7 Å². The zero-order valence-corrected chi connectivity index (χ0v) is 21.4. The summed E-state index contributed by atoms with van der Waals surface area (Å²) in [5.74, 6) is 0.363. The second kappa shape index (κ2) is 9.55. The van der Waals surface area contributed by atoms with Crippen molar-refractivity contribution in [1.82, 2.24) is 19.4 Å². The Kier molecular flexibility index (Phi) is 6.68. The number of hydrogen-bond acceptors (Lipinski definition) is 4. The number of H-pyrrole nitrogens is 1. The van der Waals surface area contributed by atoms with E-state index in [4.69, 9.17) is 0 Å². The molecule has 35 heavy (non-hydrogen) atoms. The van der Waals surface area contributed by atoms with Crippen molar-refractivity contribution in [2.24, 2.45) is 7.05 Å². The summed E-state index contributed by atoms with van der Waals surface area (Å²) in [5.41, 5.74) is 7.16. The largest absolute Gasteiger partial charge is 0.354 e. The lowest BCUT2D eigenvalue weighted by Crippen LogP contribution is -2.38. The van der Waals surface area contributed by atoms with E-state index in [9.17, 15) is 14.9 Å². The van der Waals surface area contributed by atoms with Crippen LogP contribution in [0.3, 0.4) is 0 Å². The highest BCUT2D eigenvalue weighted by atomic mass is 16.2. The lowest BCUT2D eigenvalue weighted by molar-refractivity contribution is -0.129. The Balaban J connectivity index is 1.76. The summed E-state index contributed by atoms with van der Waals surface area (Å²) in [4.78, 5) is 31.9. The van der Waals surface area contributed by atoms with Gasteiger partial charge < -0.3 is 14.5 Å². The molecule has 182 valence electrons. The first-order chi connectivity index (χ1) is 16.6. The Hall–Kier alpha value is -3.63. The minimum atomic E-state index is -0.274. The summed E-state index contributed by atoms with van der Waals surface area (Å²) in [6.07, 6.45) is 4.95. The fourth-order valence-corrected chi connectivity index (χ4v) is 4.88. The van der Waals surface area contributed by atoms with E-state index in [1.807, 2.05) is 13.1 Å². The number of aromatic amines is 1. The number of aryl methyl sites for hydroxylation is 1. The summed E-state index contributed by atoms with van der Waals surface area (Å²) in [6, 6.07) is 8.60. The maximum Gasteiger partial charge on any atom is 0.268 e. The van der Waals surface area contributed by atoms with Crippen molar-refractivity contribution in [3.05, 3.63) is 63.1 Å². The van der Waals surface area contributed by atoms with Gasteiger partial charge in [-0.15, -0.1) is 0 Å². The number of nitriles is 1. The van der Waals surface area contributed by atoms with Crippen LogP contribution >= 0.6 is 0 Å². The second-order valence-corrected chi connectivity index (χ2v) is 9.90. The smallest absolute Gasteiger partial charge is 0.268 e. The van der Waals surface area contributed by atoms with Crippen molar-refractivity contribution in [2.45, 2.75) is 33.1 Å². The predicted octanol–water partition coefficient (Wildman–Crippen LogP) is 4.01. The first-order valence-electron chi connectivity index (χ1n) is 12.0. The van der Waals surface area contributed by atoms with Crippen LogP contribution in [0.15, 0.2) is 35.3 Å². The van der Waals surface area contributed by atoms with Gasteiger partial charge in [0.1, 0.15) is 11.6 Å². The molecule has 1 aliphatic heterocycles. The first kappa shape index (κ1) is 24.5.